The van der Waals surface area contributed by atoms with Gasteiger partial charge in [-0.25, -0.2) is 4.39 Å². The molecule has 0 radical (unpaired) electrons. The van der Waals surface area contributed by atoms with Gasteiger partial charge in [0.25, 0.3) is 5.91 Å². The molecule has 6 heteroatoms. The number of hydrogen-bond acceptors (Lipinski definition) is 3. The first-order chi connectivity index (χ1) is 10.9. The van der Waals surface area contributed by atoms with Gasteiger partial charge in [-0.1, -0.05) is 29.8 Å². The average molecular weight is 336 g/mol. The number of benzene rings is 2. The molecule has 1 N–H and O–H groups in total. The first-order valence-electron chi connectivity index (χ1n) is 6.90. The molecule has 2 aromatic rings. The lowest BCUT2D eigenvalue weighted by Crippen LogP contribution is -2.21. The summed E-state index contributed by atoms with van der Waals surface area (Å²) in [6.07, 6.45) is -0.101. The van der Waals surface area contributed by atoms with Crippen LogP contribution in [0.3, 0.4) is 0 Å². The van der Waals surface area contributed by atoms with Gasteiger partial charge < -0.3 is 10.1 Å². The van der Waals surface area contributed by atoms with Crippen molar-refractivity contribution in [3.05, 3.63) is 64.4 Å². The average Bonchev–Trinajstić information content (AvgIpc) is 2.48. The molecule has 0 saturated heterocycles. The van der Waals surface area contributed by atoms with E-state index >= 15 is 0 Å². The van der Waals surface area contributed by atoms with Crippen molar-refractivity contribution in [1.29, 1.82) is 0 Å². The summed E-state index contributed by atoms with van der Waals surface area (Å²) in [5.74, 6) is -1.54. The van der Waals surface area contributed by atoms with E-state index in [0.29, 0.717) is 16.3 Å². The highest BCUT2D eigenvalue weighted by molar-refractivity contribution is 6.33. The van der Waals surface area contributed by atoms with Gasteiger partial charge in [-0.15, -0.1) is 0 Å². The van der Waals surface area contributed by atoms with E-state index in [1.54, 1.807) is 24.3 Å². The molecule has 4 nitrogen and oxygen atoms in total. The van der Waals surface area contributed by atoms with Crippen LogP contribution in [-0.4, -0.2) is 18.5 Å². The molecule has 23 heavy (non-hydrogen) atoms. The fourth-order valence-electron chi connectivity index (χ4n) is 1.92. The second-order valence-corrected chi connectivity index (χ2v) is 5.41. The lowest BCUT2D eigenvalue weighted by molar-refractivity contribution is -0.146. The lowest BCUT2D eigenvalue weighted by atomic mass is 10.1. The van der Waals surface area contributed by atoms with Crippen LogP contribution < -0.4 is 5.32 Å². The van der Waals surface area contributed by atoms with Crippen LogP contribution in [-0.2, 0) is 20.7 Å². The Morgan fingerprint density at radius 3 is 2.70 bits per heavy atom. The molecule has 0 fully saturated rings. The summed E-state index contributed by atoms with van der Waals surface area (Å²) in [6.45, 7) is 1.45. The third-order valence-corrected chi connectivity index (χ3v) is 3.31. The van der Waals surface area contributed by atoms with E-state index in [9.17, 15) is 14.0 Å². The summed E-state index contributed by atoms with van der Waals surface area (Å²) >= 11 is 6.00. The number of halogens is 2. The molecule has 2 aromatic carbocycles. The number of nitrogens with one attached hydrogen (secondary N) is 1. The molecule has 0 heterocycles. The second-order valence-electron chi connectivity index (χ2n) is 5.00. The van der Waals surface area contributed by atoms with Crippen LogP contribution in [0.4, 0.5) is 10.1 Å². The number of esters is 1. The first kappa shape index (κ1) is 17.0. The Bertz CT molecular complexity index is 734. The van der Waals surface area contributed by atoms with E-state index in [2.05, 4.69) is 5.32 Å². The number of ether oxygens (including phenoxy) is 1. The smallest absolute Gasteiger partial charge is 0.310 e. The molecule has 2 rings (SSSR count). The molecular weight excluding hydrogens is 321 g/mol. The summed E-state index contributed by atoms with van der Waals surface area (Å²) in [6, 6.07) is 10.8. The quantitative estimate of drug-likeness (QED) is 0.851. The van der Waals surface area contributed by atoms with Crippen LogP contribution in [0.2, 0.25) is 5.02 Å². The molecule has 0 unspecified atom stereocenters. The Hall–Kier alpha value is -2.40. The fraction of sp³-hybridized carbons (Fsp3) is 0.176. The molecule has 0 saturated carbocycles. The Morgan fingerprint density at radius 1 is 1.22 bits per heavy atom. The number of anilines is 1. The maximum absolute atomic E-state index is 13.0. The molecule has 1 amide bonds. The fourth-order valence-corrected chi connectivity index (χ4v) is 2.20. The van der Waals surface area contributed by atoms with Crippen LogP contribution in [0.15, 0.2) is 42.5 Å². The SMILES string of the molecule is Cc1ccc(NC(=O)COC(=O)Cc2cccc(F)c2)c(Cl)c1. The van der Waals surface area contributed by atoms with Crippen LogP contribution in [0.25, 0.3) is 0 Å². The van der Waals surface area contributed by atoms with Gasteiger partial charge in [0.1, 0.15) is 5.82 Å². The van der Waals surface area contributed by atoms with Crippen molar-refractivity contribution in [1.82, 2.24) is 0 Å². The molecule has 0 aliphatic rings. The van der Waals surface area contributed by atoms with E-state index in [4.69, 9.17) is 16.3 Å². The highest BCUT2D eigenvalue weighted by Gasteiger charge is 2.10. The predicted molar refractivity (Wildman–Crippen MR) is 85.9 cm³/mol. The number of aryl methyl sites for hydroxylation is 1. The monoisotopic (exact) mass is 335 g/mol. The Balaban J connectivity index is 1.83. The standard InChI is InChI=1S/C17H15ClFNO3/c1-11-5-6-15(14(18)7-11)20-16(21)10-23-17(22)9-12-3-2-4-13(19)8-12/h2-8H,9-10H2,1H3,(H,20,21). The van der Waals surface area contributed by atoms with Crippen LogP contribution in [0, 0.1) is 12.7 Å². The zero-order valence-corrected chi connectivity index (χ0v) is 13.2. The molecule has 120 valence electrons. The zero-order chi connectivity index (χ0) is 16.8. The third-order valence-electron chi connectivity index (χ3n) is 3.00. The predicted octanol–water partition coefficient (Wildman–Crippen LogP) is 3.51. The number of amides is 1. The van der Waals surface area contributed by atoms with Crippen LogP contribution in [0.1, 0.15) is 11.1 Å². The third kappa shape index (κ3) is 5.38. The molecule has 0 spiro atoms. The summed E-state index contributed by atoms with van der Waals surface area (Å²) in [4.78, 5) is 23.4. The van der Waals surface area contributed by atoms with Crippen molar-refractivity contribution in [2.75, 3.05) is 11.9 Å². The Labute approximate surface area is 138 Å². The maximum atomic E-state index is 13.0. The van der Waals surface area contributed by atoms with Gasteiger partial charge in [0.15, 0.2) is 6.61 Å². The van der Waals surface area contributed by atoms with Gasteiger partial charge in [0.05, 0.1) is 17.1 Å². The van der Waals surface area contributed by atoms with E-state index in [0.717, 1.165) is 5.56 Å². The molecule has 0 bridgehead atoms. The normalized spacial score (nSPS) is 10.2. The summed E-state index contributed by atoms with van der Waals surface area (Å²) in [5.41, 5.74) is 1.90. The number of hydrogen-bond donors (Lipinski definition) is 1. The number of carbonyl (C=O) groups is 2. The van der Waals surface area contributed by atoms with Gasteiger partial charge in [0, 0.05) is 0 Å². The van der Waals surface area contributed by atoms with Crippen molar-refractivity contribution in [2.45, 2.75) is 13.3 Å². The minimum Gasteiger partial charge on any atom is -0.455 e. The number of rotatable bonds is 5. The van der Waals surface area contributed by atoms with E-state index in [1.807, 2.05) is 6.92 Å². The summed E-state index contributed by atoms with van der Waals surface area (Å²) in [7, 11) is 0. The highest BCUT2D eigenvalue weighted by atomic mass is 35.5. The van der Waals surface area contributed by atoms with E-state index in [1.165, 1.54) is 18.2 Å². The van der Waals surface area contributed by atoms with Gasteiger partial charge >= 0.3 is 5.97 Å². The molecular formula is C17H15ClFNO3. The van der Waals surface area contributed by atoms with Gasteiger partial charge in [0.2, 0.25) is 0 Å². The van der Waals surface area contributed by atoms with E-state index in [-0.39, 0.29) is 6.42 Å². The minimum atomic E-state index is -0.610. The molecule has 0 aliphatic carbocycles. The van der Waals surface area contributed by atoms with Gasteiger partial charge in [-0.2, -0.15) is 0 Å². The Kier molecular flexibility index (Phi) is 5.71. The largest absolute Gasteiger partial charge is 0.455 e. The Morgan fingerprint density at radius 2 is 2.00 bits per heavy atom. The lowest BCUT2D eigenvalue weighted by Gasteiger charge is -2.08. The second kappa shape index (κ2) is 7.74. The van der Waals surface area contributed by atoms with Crippen LogP contribution >= 0.6 is 11.6 Å². The number of carbonyl (C=O) groups excluding carboxylic acids is 2. The summed E-state index contributed by atoms with van der Waals surface area (Å²) < 4.78 is 17.9. The van der Waals surface area contributed by atoms with Crippen molar-refractivity contribution in [3.63, 3.8) is 0 Å². The first-order valence-corrected chi connectivity index (χ1v) is 7.28. The van der Waals surface area contributed by atoms with E-state index < -0.39 is 24.3 Å². The molecule has 0 atom stereocenters. The van der Waals surface area contributed by atoms with Crippen molar-refractivity contribution in [2.24, 2.45) is 0 Å². The van der Waals surface area contributed by atoms with Crippen molar-refractivity contribution < 1.29 is 18.7 Å². The minimum absolute atomic E-state index is 0.101. The molecule has 0 aromatic heterocycles. The van der Waals surface area contributed by atoms with Crippen molar-refractivity contribution >= 4 is 29.2 Å². The summed E-state index contributed by atoms with van der Waals surface area (Å²) in [5, 5.41) is 2.96. The maximum Gasteiger partial charge on any atom is 0.310 e. The highest BCUT2D eigenvalue weighted by Crippen LogP contribution is 2.22. The van der Waals surface area contributed by atoms with Gasteiger partial charge in [-0.05, 0) is 42.3 Å². The topological polar surface area (TPSA) is 55.4 Å². The zero-order valence-electron chi connectivity index (χ0n) is 12.4. The molecule has 0 aliphatic heterocycles. The van der Waals surface area contributed by atoms with Crippen LogP contribution in [0.5, 0.6) is 0 Å². The van der Waals surface area contributed by atoms with Gasteiger partial charge in [-0.3, -0.25) is 9.59 Å². The van der Waals surface area contributed by atoms with Crippen molar-refractivity contribution in [3.8, 4) is 0 Å².